The molecule has 1 aliphatic rings. The van der Waals surface area contributed by atoms with Crippen LogP contribution in [0.15, 0.2) is 64.0 Å². The van der Waals surface area contributed by atoms with Crippen molar-refractivity contribution in [1.29, 1.82) is 0 Å². The Morgan fingerprint density at radius 1 is 1.19 bits per heavy atom. The maximum atomic E-state index is 13.0. The van der Waals surface area contributed by atoms with Crippen LogP contribution in [0.25, 0.3) is 33.9 Å². The number of benzene rings is 1. The van der Waals surface area contributed by atoms with Gasteiger partial charge in [-0.2, -0.15) is 4.98 Å². The van der Waals surface area contributed by atoms with Crippen molar-refractivity contribution in [3.63, 3.8) is 0 Å². The Morgan fingerprint density at radius 2 is 2.06 bits per heavy atom. The maximum Gasteiger partial charge on any atom is 0.259 e. The average Bonchev–Trinajstić information content (AvgIpc) is 3.52. The minimum atomic E-state index is -0.330. The number of rotatable bonds is 6. The molecule has 0 aliphatic carbocycles. The van der Waals surface area contributed by atoms with Gasteiger partial charge in [-0.15, -0.1) is 0 Å². The van der Waals surface area contributed by atoms with E-state index in [4.69, 9.17) is 9.26 Å². The molecule has 162 valence electrons. The van der Waals surface area contributed by atoms with Crippen LogP contribution in [-0.2, 0) is 16.1 Å². The first kappa shape index (κ1) is 20.1. The van der Waals surface area contributed by atoms with Crippen LogP contribution in [0.4, 0.5) is 0 Å². The summed E-state index contributed by atoms with van der Waals surface area (Å²) in [4.78, 5) is 34.1. The molecular weight excluding hydrogens is 410 g/mol. The van der Waals surface area contributed by atoms with Crippen LogP contribution in [0.2, 0.25) is 0 Å². The molecule has 1 saturated heterocycles. The number of carbonyl (C=O) groups is 1. The Bertz CT molecular complexity index is 1310. The highest BCUT2D eigenvalue weighted by atomic mass is 16.5. The smallest absolute Gasteiger partial charge is 0.259 e. The lowest BCUT2D eigenvalue weighted by Gasteiger charge is -2.14. The molecule has 0 saturated carbocycles. The van der Waals surface area contributed by atoms with E-state index in [1.54, 1.807) is 24.4 Å². The van der Waals surface area contributed by atoms with Gasteiger partial charge in [0.2, 0.25) is 11.7 Å². The molecule has 4 heterocycles. The molecule has 3 aromatic heterocycles. The standard InChI is InChI=1S/C23H21N5O4/c29-20(25-13-15-6-5-11-31-15)14-28-19-9-2-1-7-16(19)17(12-21(28)30)23-26-22(27-32-23)18-8-3-4-10-24-18/h1-4,7-10,12,15H,5-6,11,13-14H2,(H,25,29). The molecule has 32 heavy (non-hydrogen) atoms. The number of fused-ring (bicyclic) bond motifs is 1. The second kappa shape index (κ2) is 8.72. The molecule has 9 heteroatoms. The van der Waals surface area contributed by atoms with Crippen molar-refractivity contribution in [2.75, 3.05) is 13.2 Å². The van der Waals surface area contributed by atoms with Gasteiger partial charge in [0.25, 0.3) is 11.4 Å². The summed E-state index contributed by atoms with van der Waals surface area (Å²) in [6.45, 7) is 1.08. The number of para-hydroxylation sites is 1. The Kier molecular flexibility index (Phi) is 5.47. The minimum absolute atomic E-state index is 0.0422. The van der Waals surface area contributed by atoms with Gasteiger partial charge >= 0.3 is 0 Å². The Balaban J connectivity index is 1.46. The zero-order chi connectivity index (χ0) is 21.9. The van der Waals surface area contributed by atoms with Crippen molar-refractivity contribution in [2.24, 2.45) is 0 Å². The summed E-state index contributed by atoms with van der Waals surface area (Å²) in [7, 11) is 0. The minimum Gasteiger partial charge on any atom is -0.376 e. The van der Waals surface area contributed by atoms with Crippen molar-refractivity contribution in [3.8, 4) is 23.0 Å². The van der Waals surface area contributed by atoms with Crippen LogP contribution < -0.4 is 10.9 Å². The number of nitrogens with zero attached hydrogens (tertiary/aromatic N) is 4. The number of nitrogens with one attached hydrogen (secondary N) is 1. The third kappa shape index (κ3) is 4.02. The van der Waals surface area contributed by atoms with Gasteiger partial charge in [0, 0.05) is 30.8 Å². The molecule has 1 amide bonds. The summed E-state index contributed by atoms with van der Waals surface area (Å²) in [5.74, 6) is 0.312. The summed E-state index contributed by atoms with van der Waals surface area (Å²) >= 11 is 0. The van der Waals surface area contributed by atoms with Gasteiger partial charge in [0.1, 0.15) is 12.2 Å². The molecule has 1 unspecified atom stereocenters. The summed E-state index contributed by atoms with van der Waals surface area (Å²) in [6, 6.07) is 14.2. The lowest BCUT2D eigenvalue weighted by Crippen LogP contribution is -2.36. The van der Waals surface area contributed by atoms with Gasteiger partial charge in [-0.25, -0.2) is 0 Å². The van der Waals surface area contributed by atoms with Crippen LogP contribution in [0, 0.1) is 0 Å². The first-order valence-corrected chi connectivity index (χ1v) is 10.5. The lowest BCUT2D eigenvalue weighted by atomic mass is 10.1. The SMILES string of the molecule is O=C(Cn1c(=O)cc(-c2nc(-c3ccccn3)no2)c2ccccc21)NCC1CCCO1. The molecule has 4 aromatic rings. The van der Waals surface area contributed by atoms with Gasteiger partial charge in [0.05, 0.1) is 17.2 Å². The highest BCUT2D eigenvalue weighted by molar-refractivity contribution is 5.93. The van der Waals surface area contributed by atoms with Crippen LogP contribution in [0.1, 0.15) is 12.8 Å². The topological polar surface area (TPSA) is 112 Å². The van der Waals surface area contributed by atoms with E-state index in [0.29, 0.717) is 29.1 Å². The molecule has 1 N–H and O–H groups in total. The third-order valence-electron chi connectivity index (χ3n) is 5.42. The Morgan fingerprint density at radius 3 is 2.88 bits per heavy atom. The fourth-order valence-corrected chi connectivity index (χ4v) is 3.84. The van der Waals surface area contributed by atoms with E-state index in [2.05, 4.69) is 20.4 Å². The molecule has 5 rings (SSSR count). The van der Waals surface area contributed by atoms with E-state index in [1.165, 1.54) is 10.6 Å². The zero-order valence-electron chi connectivity index (χ0n) is 17.2. The zero-order valence-corrected chi connectivity index (χ0v) is 17.2. The molecule has 9 nitrogen and oxygen atoms in total. The number of aromatic nitrogens is 4. The van der Waals surface area contributed by atoms with Crippen molar-refractivity contribution in [3.05, 3.63) is 65.1 Å². The highest BCUT2D eigenvalue weighted by Crippen LogP contribution is 2.27. The van der Waals surface area contributed by atoms with Crippen molar-refractivity contribution in [2.45, 2.75) is 25.5 Å². The first-order valence-electron chi connectivity index (χ1n) is 10.5. The Labute approximate surface area is 183 Å². The van der Waals surface area contributed by atoms with E-state index in [-0.39, 0.29) is 30.0 Å². The van der Waals surface area contributed by atoms with E-state index < -0.39 is 0 Å². The van der Waals surface area contributed by atoms with Gasteiger partial charge in [-0.05, 0) is 31.0 Å². The van der Waals surface area contributed by atoms with Gasteiger partial charge in [0.15, 0.2) is 0 Å². The summed E-state index contributed by atoms with van der Waals surface area (Å²) < 4.78 is 12.4. The third-order valence-corrected chi connectivity index (χ3v) is 5.42. The van der Waals surface area contributed by atoms with Gasteiger partial charge in [-0.3, -0.25) is 19.1 Å². The molecule has 0 radical (unpaired) electrons. The molecule has 1 aliphatic heterocycles. The monoisotopic (exact) mass is 431 g/mol. The van der Waals surface area contributed by atoms with E-state index in [0.717, 1.165) is 24.8 Å². The number of amides is 1. The van der Waals surface area contributed by atoms with Crippen molar-refractivity contribution in [1.82, 2.24) is 25.0 Å². The van der Waals surface area contributed by atoms with Gasteiger partial charge < -0.3 is 14.6 Å². The van der Waals surface area contributed by atoms with Crippen molar-refractivity contribution < 1.29 is 14.1 Å². The molecule has 1 atom stereocenters. The van der Waals surface area contributed by atoms with Gasteiger partial charge in [-0.1, -0.05) is 29.4 Å². The lowest BCUT2D eigenvalue weighted by molar-refractivity contribution is -0.122. The predicted molar refractivity (Wildman–Crippen MR) is 117 cm³/mol. The van der Waals surface area contributed by atoms with E-state index >= 15 is 0 Å². The largest absolute Gasteiger partial charge is 0.376 e. The van der Waals surface area contributed by atoms with E-state index in [9.17, 15) is 9.59 Å². The number of ether oxygens (including phenoxy) is 1. The normalized spacial score (nSPS) is 15.8. The highest BCUT2D eigenvalue weighted by Gasteiger charge is 2.19. The summed E-state index contributed by atoms with van der Waals surface area (Å²) in [5.41, 5.74) is 1.36. The van der Waals surface area contributed by atoms with Crippen LogP contribution >= 0.6 is 0 Å². The van der Waals surface area contributed by atoms with Crippen LogP contribution in [0.5, 0.6) is 0 Å². The maximum absolute atomic E-state index is 13.0. The predicted octanol–water partition coefficient (Wildman–Crippen LogP) is 2.41. The van der Waals surface area contributed by atoms with Crippen LogP contribution in [-0.4, -0.2) is 44.9 Å². The number of pyridine rings is 2. The molecule has 0 bridgehead atoms. The quantitative estimate of drug-likeness (QED) is 0.499. The fourth-order valence-electron chi connectivity index (χ4n) is 3.84. The Hall–Kier alpha value is -3.85. The second-order valence-corrected chi connectivity index (χ2v) is 7.58. The van der Waals surface area contributed by atoms with Crippen LogP contribution in [0.3, 0.4) is 0 Å². The average molecular weight is 431 g/mol. The van der Waals surface area contributed by atoms with E-state index in [1.807, 2.05) is 24.3 Å². The fraction of sp³-hybridized carbons (Fsp3) is 0.261. The number of carbonyl (C=O) groups excluding carboxylic acids is 1. The summed E-state index contributed by atoms with van der Waals surface area (Å²) in [5, 5.41) is 7.59. The number of hydrogen-bond donors (Lipinski definition) is 1. The number of hydrogen-bond acceptors (Lipinski definition) is 7. The molecular formula is C23H21N5O4. The first-order chi connectivity index (χ1) is 15.7. The van der Waals surface area contributed by atoms with Crippen molar-refractivity contribution >= 4 is 16.8 Å². The summed E-state index contributed by atoms with van der Waals surface area (Å²) in [6.07, 6.45) is 3.62. The molecule has 1 aromatic carbocycles. The second-order valence-electron chi connectivity index (χ2n) is 7.58. The molecule has 1 fully saturated rings. The molecule has 0 spiro atoms.